The second kappa shape index (κ2) is 6.18. The molecule has 2 atom stereocenters. The molecule has 1 saturated heterocycles. The third-order valence-electron chi connectivity index (χ3n) is 3.41. The Morgan fingerprint density at radius 2 is 2.37 bits per heavy atom. The van der Waals surface area contributed by atoms with Crippen LogP contribution in [0.4, 0.5) is 5.69 Å². The van der Waals surface area contributed by atoms with Gasteiger partial charge in [0, 0.05) is 4.47 Å². The number of carbonyl (C=O) groups is 1. The first-order valence-electron chi connectivity index (χ1n) is 6.35. The van der Waals surface area contributed by atoms with Crippen LogP contribution in [-0.2, 0) is 4.79 Å². The van der Waals surface area contributed by atoms with Crippen molar-refractivity contribution in [3.05, 3.63) is 28.2 Å². The van der Waals surface area contributed by atoms with Crippen LogP contribution in [0.2, 0.25) is 0 Å². The van der Waals surface area contributed by atoms with Crippen LogP contribution in [-0.4, -0.2) is 18.5 Å². The molecule has 1 amide bonds. The summed E-state index contributed by atoms with van der Waals surface area (Å²) in [6.07, 6.45) is 2.15. The lowest BCUT2D eigenvalue weighted by Gasteiger charge is -2.29. The van der Waals surface area contributed by atoms with E-state index in [1.165, 1.54) is 0 Å². The highest BCUT2D eigenvalue weighted by molar-refractivity contribution is 9.10. The van der Waals surface area contributed by atoms with Gasteiger partial charge in [-0.15, -0.1) is 0 Å². The SMILES string of the molecule is CC1CCCNC1C(=O)Nc1cc(Br)ccc1C#N. The number of anilines is 1. The van der Waals surface area contributed by atoms with E-state index in [-0.39, 0.29) is 11.9 Å². The van der Waals surface area contributed by atoms with E-state index in [0.717, 1.165) is 23.9 Å². The van der Waals surface area contributed by atoms with Crippen LogP contribution in [0.15, 0.2) is 22.7 Å². The molecule has 2 unspecified atom stereocenters. The first-order chi connectivity index (χ1) is 9.11. The number of benzene rings is 1. The lowest BCUT2D eigenvalue weighted by molar-refractivity contribution is -0.119. The summed E-state index contributed by atoms with van der Waals surface area (Å²) in [7, 11) is 0. The zero-order chi connectivity index (χ0) is 13.8. The zero-order valence-electron chi connectivity index (χ0n) is 10.7. The summed E-state index contributed by atoms with van der Waals surface area (Å²) < 4.78 is 0.839. The fraction of sp³-hybridized carbons (Fsp3) is 0.429. The summed E-state index contributed by atoms with van der Waals surface area (Å²) >= 11 is 3.35. The second-order valence-corrected chi connectivity index (χ2v) is 5.76. The zero-order valence-corrected chi connectivity index (χ0v) is 12.3. The maximum Gasteiger partial charge on any atom is 0.241 e. The van der Waals surface area contributed by atoms with Gasteiger partial charge < -0.3 is 10.6 Å². The van der Waals surface area contributed by atoms with Gasteiger partial charge in [0.25, 0.3) is 0 Å². The summed E-state index contributed by atoms with van der Waals surface area (Å²) in [6, 6.07) is 7.14. The molecule has 1 heterocycles. The lowest BCUT2D eigenvalue weighted by atomic mass is 9.92. The third-order valence-corrected chi connectivity index (χ3v) is 3.91. The monoisotopic (exact) mass is 321 g/mol. The van der Waals surface area contributed by atoms with E-state index in [2.05, 4.69) is 39.6 Å². The van der Waals surface area contributed by atoms with E-state index >= 15 is 0 Å². The van der Waals surface area contributed by atoms with Gasteiger partial charge in [-0.05, 0) is 43.5 Å². The fourth-order valence-electron chi connectivity index (χ4n) is 2.33. The number of carbonyl (C=O) groups excluding carboxylic acids is 1. The average molecular weight is 322 g/mol. The molecule has 0 bridgehead atoms. The number of hydrogen-bond acceptors (Lipinski definition) is 3. The second-order valence-electron chi connectivity index (χ2n) is 4.84. The van der Waals surface area contributed by atoms with Gasteiger partial charge in [-0.25, -0.2) is 0 Å². The van der Waals surface area contributed by atoms with Gasteiger partial charge in [0.15, 0.2) is 0 Å². The smallest absolute Gasteiger partial charge is 0.241 e. The van der Waals surface area contributed by atoms with E-state index in [4.69, 9.17) is 5.26 Å². The summed E-state index contributed by atoms with van der Waals surface area (Å²) in [6.45, 7) is 2.94. The van der Waals surface area contributed by atoms with E-state index in [0.29, 0.717) is 17.2 Å². The summed E-state index contributed by atoms with van der Waals surface area (Å²) in [5, 5.41) is 15.1. The predicted octanol–water partition coefficient (Wildman–Crippen LogP) is 2.65. The van der Waals surface area contributed by atoms with E-state index in [9.17, 15) is 4.79 Å². The normalized spacial score (nSPS) is 22.6. The fourth-order valence-corrected chi connectivity index (χ4v) is 2.69. The van der Waals surface area contributed by atoms with Gasteiger partial charge in [0.2, 0.25) is 5.91 Å². The molecule has 4 nitrogen and oxygen atoms in total. The maximum atomic E-state index is 12.3. The van der Waals surface area contributed by atoms with Gasteiger partial charge in [0.1, 0.15) is 6.07 Å². The molecule has 0 aromatic heterocycles. The molecule has 1 fully saturated rings. The van der Waals surface area contributed by atoms with Gasteiger partial charge in [-0.1, -0.05) is 22.9 Å². The van der Waals surface area contributed by atoms with Crippen molar-refractivity contribution in [1.29, 1.82) is 5.26 Å². The molecule has 100 valence electrons. The molecule has 1 aromatic rings. The largest absolute Gasteiger partial charge is 0.323 e. The predicted molar refractivity (Wildman–Crippen MR) is 77.7 cm³/mol. The van der Waals surface area contributed by atoms with Crippen LogP contribution in [0.1, 0.15) is 25.3 Å². The highest BCUT2D eigenvalue weighted by atomic mass is 79.9. The number of nitrogens with one attached hydrogen (secondary N) is 2. The molecular weight excluding hydrogens is 306 g/mol. The van der Waals surface area contributed by atoms with Crippen molar-refractivity contribution in [2.75, 3.05) is 11.9 Å². The molecule has 1 aliphatic heterocycles. The molecule has 1 aromatic carbocycles. The van der Waals surface area contributed by atoms with Crippen molar-refractivity contribution < 1.29 is 4.79 Å². The standard InChI is InChI=1S/C14H16BrN3O/c1-9-3-2-6-17-13(9)14(19)18-12-7-11(15)5-4-10(12)8-16/h4-5,7,9,13,17H,2-3,6H2,1H3,(H,18,19). The van der Waals surface area contributed by atoms with Crippen molar-refractivity contribution in [1.82, 2.24) is 5.32 Å². The molecule has 19 heavy (non-hydrogen) atoms. The molecule has 0 saturated carbocycles. The first-order valence-corrected chi connectivity index (χ1v) is 7.15. The highest BCUT2D eigenvalue weighted by Crippen LogP contribution is 2.22. The number of nitrogens with zero attached hydrogens (tertiary/aromatic N) is 1. The van der Waals surface area contributed by atoms with Crippen molar-refractivity contribution >= 4 is 27.5 Å². The van der Waals surface area contributed by atoms with E-state index < -0.39 is 0 Å². The Morgan fingerprint density at radius 1 is 1.58 bits per heavy atom. The Hall–Kier alpha value is -1.38. The van der Waals surface area contributed by atoms with Crippen molar-refractivity contribution in [2.45, 2.75) is 25.8 Å². The molecule has 2 N–H and O–H groups in total. The molecule has 0 radical (unpaired) electrons. The van der Waals surface area contributed by atoms with Crippen LogP contribution in [0, 0.1) is 17.2 Å². The van der Waals surface area contributed by atoms with Crippen molar-refractivity contribution in [3.63, 3.8) is 0 Å². The lowest BCUT2D eigenvalue weighted by Crippen LogP contribution is -2.48. The van der Waals surface area contributed by atoms with Gasteiger partial charge in [-0.3, -0.25) is 4.79 Å². The number of hydrogen-bond donors (Lipinski definition) is 2. The Labute approximate surface area is 121 Å². The van der Waals surface area contributed by atoms with E-state index in [1.54, 1.807) is 18.2 Å². The Morgan fingerprint density at radius 3 is 3.05 bits per heavy atom. The van der Waals surface area contributed by atoms with Crippen LogP contribution < -0.4 is 10.6 Å². The average Bonchev–Trinajstić information content (AvgIpc) is 2.39. The quantitative estimate of drug-likeness (QED) is 0.880. The Kier molecular flexibility index (Phi) is 4.56. The van der Waals surface area contributed by atoms with Crippen LogP contribution in [0.3, 0.4) is 0 Å². The van der Waals surface area contributed by atoms with Crippen LogP contribution in [0.5, 0.6) is 0 Å². The number of amides is 1. The molecule has 2 rings (SSSR count). The molecule has 1 aliphatic rings. The minimum atomic E-state index is -0.181. The number of rotatable bonds is 2. The molecule has 0 spiro atoms. The van der Waals surface area contributed by atoms with Crippen molar-refractivity contribution in [2.24, 2.45) is 5.92 Å². The minimum Gasteiger partial charge on any atom is -0.323 e. The third kappa shape index (κ3) is 3.34. The first kappa shape index (κ1) is 14.0. The number of piperidine rings is 1. The summed E-state index contributed by atoms with van der Waals surface area (Å²) in [5.74, 6) is 0.244. The minimum absolute atomic E-state index is 0.0678. The van der Waals surface area contributed by atoms with Gasteiger partial charge >= 0.3 is 0 Å². The summed E-state index contributed by atoms with van der Waals surface area (Å²) in [4.78, 5) is 12.3. The molecule has 0 aliphatic carbocycles. The van der Waals surface area contributed by atoms with E-state index in [1.807, 2.05) is 0 Å². The maximum absolute atomic E-state index is 12.3. The molecule has 5 heteroatoms. The number of nitriles is 1. The Bertz CT molecular complexity index is 524. The molecular formula is C14H16BrN3O. The van der Waals surface area contributed by atoms with Gasteiger partial charge in [-0.2, -0.15) is 5.26 Å². The Balaban J connectivity index is 2.14. The topological polar surface area (TPSA) is 64.9 Å². The van der Waals surface area contributed by atoms with Crippen LogP contribution >= 0.6 is 15.9 Å². The van der Waals surface area contributed by atoms with Gasteiger partial charge in [0.05, 0.1) is 17.3 Å². The van der Waals surface area contributed by atoms with Crippen LogP contribution in [0.25, 0.3) is 0 Å². The van der Waals surface area contributed by atoms with Crippen molar-refractivity contribution in [3.8, 4) is 6.07 Å². The highest BCUT2D eigenvalue weighted by Gasteiger charge is 2.27. The number of halogens is 1. The summed E-state index contributed by atoms with van der Waals surface area (Å²) in [5.41, 5.74) is 1.03.